The molecule has 2 heterocycles. The molecule has 0 atom stereocenters. The third-order valence-corrected chi connectivity index (χ3v) is 3.39. The van der Waals surface area contributed by atoms with Gasteiger partial charge in [-0.3, -0.25) is 4.79 Å². The second-order valence-corrected chi connectivity index (χ2v) is 4.68. The Labute approximate surface area is 97.3 Å². The van der Waals surface area contributed by atoms with Gasteiger partial charge in [-0.15, -0.1) is 0 Å². The van der Waals surface area contributed by atoms with E-state index in [4.69, 9.17) is 0 Å². The van der Waals surface area contributed by atoms with Crippen LogP contribution < -0.4 is 5.32 Å². The largest absolute Gasteiger partial charge is 0.340 e. The molecule has 90 valence electrons. The molecule has 0 bridgehead atoms. The normalized spacial score (nSPS) is 23.1. The number of carbonyl (C=O) groups is 1. The first-order valence-electron chi connectivity index (χ1n) is 6.10. The highest BCUT2D eigenvalue weighted by Gasteiger charge is 2.19. The van der Waals surface area contributed by atoms with E-state index in [9.17, 15) is 4.79 Å². The maximum Gasteiger partial charge on any atom is 0.226 e. The van der Waals surface area contributed by atoms with Crippen molar-refractivity contribution in [3.8, 4) is 0 Å². The third kappa shape index (κ3) is 3.06. The summed E-state index contributed by atoms with van der Waals surface area (Å²) in [6.45, 7) is 5.73. The molecule has 0 aromatic rings. The molecular formula is C12H21N3O. The van der Waals surface area contributed by atoms with Crippen LogP contribution in [0.25, 0.3) is 0 Å². The van der Waals surface area contributed by atoms with Gasteiger partial charge in [-0.25, -0.2) is 0 Å². The van der Waals surface area contributed by atoms with Gasteiger partial charge in [0, 0.05) is 39.1 Å². The number of likely N-dealkylation sites (N-methyl/N-ethyl adjacent to an activating group) is 1. The average molecular weight is 223 g/mol. The predicted molar refractivity (Wildman–Crippen MR) is 64.3 cm³/mol. The smallest absolute Gasteiger partial charge is 0.226 e. The molecule has 4 nitrogen and oxygen atoms in total. The van der Waals surface area contributed by atoms with Crippen LogP contribution in [0.1, 0.15) is 12.8 Å². The topological polar surface area (TPSA) is 35.6 Å². The monoisotopic (exact) mass is 223 g/mol. The summed E-state index contributed by atoms with van der Waals surface area (Å²) in [6.07, 6.45) is 3.82. The van der Waals surface area contributed by atoms with Gasteiger partial charge in [-0.2, -0.15) is 0 Å². The number of piperazine rings is 1. The highest BCUT2D eigenvalue weighted by molar-refractivity contribution is 5.78. The standard InChI is InChI=1S/C12H21N3O/c1-14-6-8-15(9-7-14)12(16)10-11-2-4-13-5-3-11/h2,13H,3-10H2,1H3. The van der Waals surface area contributed by atoms with Gasteiger partial charge >= 0.3 is 0 Å². The summed E-state index contributed by atoms with van der Waals surface area (Å²) in [4.78, 5) is 16.3. The molecular weight excluding hydrogens is 202 g/mol. The van der Waals surface area contributed by atoms with Crippen LogP contribution in [0.15, 0.2) is 11.6 Å². The molecule has 1 saturated heterocycles. The number of nitrogens with one attached hydrogen (secondary N) is 1. The zero-order valence-electron chi connectivity index (χ0n) is 10.0. The Morgan fingerprint density at radius 3 is 2.75 bits per heavy atom. The van der Waals surface area contributed by atoms with E-state index in [2.05, 4.69) is 23.3 Å². The van der Waals surface area contributed by atoms with Crippen molar-refractivity contribution in [3.05, 3.63) is 11.6 Å². The lowest BCUT2D eigenvalue weighted by atomic mass is 10.1. The molecule has 2 rings (SSSR count). The van der Waals surface area contributed by atoms with Crippen molar-refractivity contribution in [2.45, 2.75) is 12.8 Å². The molecule has 2 aliphatic heterocycles. The van der Waals surface area contributed by atoms with Crippen molar-refractivity contribution >= 4 is 5.91 Å². The first kappa shape index (κ1) is 11.6. The van der Waals surface area contributed by atoms with Gasteiger partial charge in [0.2, 0.25) is 5.91 Å². The summed E-state index contributed by atoms with van der Waals surface area (Å²) in [5, 5.41) is 3.27. The summed E-state index contributed by atoms with van der Waals surface area (Å²) < 4.78 is 0. The lowest BCUT2D eigenvalue weighted by molar-refractivity contribution is -0.132. The number of amides is 1. The Kier molecular flexibility index (Phi) is 3.96. The molecule has 1 amide bonds. The second-order valence-electron chi connectivity index (χ2n) is 4.68. The fourth-order valence-corrected chi connectivity index (χ4v) is 2.19. The maximum atomic E-state index is 12.0. The molecule has 1 fully saturated rings. The molecule has 0 aromatic heterocycles. The van der Waals surface area contributed by atoms with E-state index in [-0.39, 0.29) is 0 Å². The van der Waals surface area contributed by atoms with E-state index < -0.39 is 0 Å². The Morgan fingerprint density at radius 1 is 1.38 bits per heavy atom. The van der Waals surface area contributed by atoms with Gasteiger partial charge in [-0.05, 0) is 20.0 Å². The molecule has 2 aliphatic rings. The zero-order valence-corrected chi connectivity index (χ0v) is 10.0. The molecule has 16 heavy (non-hydrogen) atoms. The first-order valence-corrected chi connectivity index (χ1v) is 6.10. The van der Waals surface area contributed by atoms with Crippen molar-refractivity contribution in [2.24, 2.45) is 0 Å². The van der Waals surface area contributed by atoms with Crippen molar-refractivity contribution in [2.75, 3.05) is 46.3 Å². The van der Waals surface area contributed by atoms with Crippen LogP contribution >= 0.6 is 0 Å². The predicted octanol–water partition coefficient (Wildman–Crippen LogP) is 0.0702. The molecule has 0 unspecified atom stereocenters. The Hall–Kier alpha value is -0.870. The lowest BCUT2D eigenvalue weighted by Crippen LogP contribution is -2.47. The summed E-state index contributed by atoms with van der Waals surface area (Å²) >= 11 is 0. The molecule has 0 aliphatic carbocycles. The fraction of sp³-hybridized carbons (Fsp3) is 0.750. The Morgan fingerprint density at radius 2 is 2.12 bits per heavy atom. The van der Waals surface area contributed by atoms with Crippen molar-refractivity contribution in [1.29, 1.82) is 0 Å². The molecule has 1 N–H and O–H groups in total. The van der Waals surface area contributed by atoms with Crippen molar-refractivity contribution < 1.29 is 4.79 Å². The van der Waals surface area contributed by atoms with Crippen LogP contribution in [0.4, 0.5) is 0 Å². The van der Waals surface area contributed by atoms with Crippen LogP contribution in [0.5, 0.6) is 0 Å². The fourth-order valence-electron chi connectivity index (χ4n) is 2.19. The van der Waals surface area contributed by atoms with Crippen LogP contribution in [-0.2, 0) is 4.79 Å². The minimum atomic E-state index is 0.307. The summed E-state index contributed by atoms with van der Waals surface area (Å²) in [6, 6.07) is 0. The quantitative estimate of drug-likeness (QED) is 0.673. The SMILES string of the molecule is CN1CCN(C(=O)CC2=CCNCC2)CC1. The average Bonchev–Trinajstić information content (AvgIpc) is 2.31. The number of hydrogen-bond acceptors (Lipinski definition) is 3. The van der Waals surface area contributed by atoms with E-state index in [0.717, 1.165) is 45.7 Å². The van der Waals surface area contributed by atoms with Crippen LogP contribution in [0.3, 0.4) is 0 Å². The summed E-state index contributed by atoms with van der Waals surface area (Å²) in [5.41, 5.74) is 1.31. The van der Waals surface area contributed by atoms with E-state index in [1.54, 1.807) is 0 Å². The molecule has 0 saturated carbocycles. The van der Waals surface area contributed by atoms with Crippen LogP contribution in [0, 0.1) is 0 Å². The Bertz CT molecular complexity index is 280. The van der Waals surface area contributed by atoms with Gasteiger partial charge in [0.25, 0.3) is 0 Å². The minimum Gasteiger partial charge on any atom is -0.340 e. The van der Waals surface area contributed by atoms with E-state index in [0.29, 0.717) is 12.3 Å². The highest BCUT2D eigenvalue weighted by Crippen LogP contribution is 2.12. The maximum absolute atomic E-state index is 12.0. The van der Waals surface area contributed by atoms with E-state index >= 15 is 0 Å². The van der Waals surface area contributed by atoms with Crippen molar-refractivity contribution in [1.82, 2.24) is 15.1 Å². The van der Waals surface area contributed by atoms with Gasteiger partial charge < -0.3 is 15.1 Å². The van der Waals surface area contributed by atoms with Gasteiger partial charge in [0.15, 0.2) is 0 Å². The number of rotatable bonds is 2. The van der Waals surface area contributed by atoms with Gasteiger partial charge in [0.05, 0.1) is 0 Å². The molecule has 4 heteroatoms. The first-order chi connectivity index (χ1) is 7.75. The number of carbonyl (C=O) groups excluding carboxylic acids is 1. The van der Waals surface area contributed by atoms with Gasteiger partial charge in [0.1, 0.15) is 0 Å². The van der Waals surface area contributed by atoms with Crippen molar-refractivity contribution in [3.63, 3.8) is 0 Å². The molecule has 0 radical (unpaired) electrons. The van der Waals surface area contributed by atoms with Crippen LogP contribution in [0.2, 0.25) is 0 Å². The number of nitrogens with zero attached hydrogens (tertiary/aromatic N) is 2. The molecule has 0 spiro atoms. The summed E-state index contributed by atoms with van der Waals surface area (Å²) in [5.74, 6) is 0.307. The summed E-state index contributed by atoms with van der Waals surface area (Å²) in [7, 11) is 2.11. The highest BCUT2D eigenvalue weighted by atomic mass is 16.2. The molecule has 0 aromatic carbocycles. The van der Waals surface area contributed by atoms with Gasteiger partial charge in [-0.1, -0.05) is 11.6 Å². The second kappa shape index (κ2) is 5.46. The van der Waals surface area contributed by atoms with E-state index in [1.807, 2.05) is 4.90 Å². The lowest BCUT2D eigenvalue weighted by Gasteiger charge is -2.32. The number of hydrogen-bond donors (Lipinski definition) is 1. The van der Waals surface area contributed by atoms with Crippen LogP contribution in [-0.4, -0.2) is 62.0 Å². The minimum absolute atomic E-state index is 0.307. The Balaban J connectivity index is 1.81. The third-order valence-electron chi connectivity index (χ3n) is 3.39. The van der Waals surface area contributed by atoms with E-state index in [1.165, 1.54) is 5.57 Å². The zero-order chi connectivity index (χ0) is 11.4.